The number of hydrogen-bond acceptors (Lipinski definition) is 5. The van der Waals surface area contributed by atoms with Crippen molar-refractivity contribution in [2.75, 3.05) is 11.4 Å². The number of ketones is 1. The lowest BCUT2D eigenvalue weighted by atomic mass is 9.82. The van der Waals surface area contributed by atoms with E-state index in [4.69, 9.17) is 4.98 Å². The van der Waals surface area contributed by atoms with E-state index in [1.54, 1.807) is 18.3 Å². The van der Waals surface area contributed by atoms with Gasteiger partial charge in [0.2, 0.25) is 5.95 Å². The fourth-order valence-corrected chi connectivity index (χ4v) is 4.16. The van der Waals surface area contributed by atoms with Gasteiger partial charge < -0.3 is 10.0 Å². The SMILES string of the molecule is O=C1C[C@H](c2ccccc2O)Cc2nc(N3CCc4ccccc43)ncc21. The Hall–Kier alpha value is -3.21. The van der Waals surface area contributed by atoms with Crippen LogP contribution in [0.4, 0.5) is 11.6 Å². The number of carbonyl (C=O) groups excluding carboxylic acids is 1. The van der Waals surface area contributed by atoms with Crippen LogP contribution in [0.1, 0.15) is 39.5 Å². The van der Waals surface area contributed by atoms with Gasteiger partial charge in [-0.3, -0.25) is 4.79 Å². The summed E-state index contributed by atoms with van der Waals surface area (Å²) in [7, 11) is 0. The molecule has 5 nitrogen and oxygen atoms in total. The van der Waals surface area contributed by atoms with Gasteiger partial charge in [-0.05, 0) is 36.1 Å². The number of anilines is 2. The van der Waals surface area contributed by atoms with Gasteiger partial charge in [0.05, 0.1) is 11.3 Å². The van der Waals surface area contributed by atoms with Crippen LogP contribution in [0.15, 0.2) is 54.7 Å². The number of para-hydroxylation sites is 2. The van der Waals surface area contributed by atoms with Crippen LogP contribution in [0.2, 0.25) is 0 Å². The molecule has 0 unspecified atom stereocenters. The Morgan fingerprint density at radius 1 is 1.04 bits per heavy atom. The van der Waals surface area contributed by atoms with E-state index in [0.29, 0.717) is 24.4 Å². The fraction of sp³-hybridized carbons (Fsp3) is 0.227. The molecule has 2 heterocycles. The normalized spacial score (nSPS) is 18.3. The Balaban J connectivity index is 1.51. The van der Waals surface area contributed by atoms with Gasteiger partial charge in [-0.2, -0.15) is 0 Å². The van der Waals surface area contributed by atoms with Crippen molar-refractivity contribution < 1.29 is 9.90 Å². The molecular weight excluding hydrogens is 338 g/mol. The first-order chi connectivity index (χ1) is 13.2. The summed E-state index contributed by atoms with van der Waals surface area (Å²) in [6.45, 7) is 0.842. The molecule has 1 N–H and O–H groups in total. The van der Waals surface area contributed by atoms with E-state index in [9.17, 15) is 9.90 Å². The van der Waals surface area contributed by atoms with E-state index in [2.05, 4.69) is 22.0 Å². The van der Waals surface area contributed by atoms with Gasteiger partial charge in [0.15, 0.2) is 5.78 Å². The van der Waals surface area contributed by atoms with Gasteiger partial charge in [-0.1, -0.05) is 36.4 Å². The molecule has 134 valence electrons. The Kier molecular flexibility index (Phi) is 3.67. The lowest BCUT2D eigenvalue weighted by Gasteiger charge is -2.25. The molecule has 1 aromatic heterocycles. The fourth-order valence-electron chi connectivity index (χ4n) is 4.16. The first-order valence-corrected chi connectivity index (χ1v) is 9.23. The van der Waals surface area contributed by atoms with Crippen molar-refractivity contribution >= 4 is 17.4 Å². The Morgan fingerprint density at radius 3 is 2.74 bits per heavy atom. The molecule has 2 aromatic carbocycles. The van der Waals surface area contributed by atoms with Crippen LogP contribution in [-0.2, 0) is 12.8 Å². The molecule has 5 rings (SSSR count). The molecule has 0 amide bonds. The molecule has 2 aliphatic rings. The molecule has 5 heteroatoms. The molecule has 0 radical (unpaired) electrons. The maximum Gasteiger partial charge on any atom is 0.230 e. The zero-order valence-electron chi connectivity index (χ0n) is 14.8. The molecule has 0 saturated carbocycles. The summed E-state index contributed by atoms with van der Waals surface area (Å²) < 4.78 is 0. The van der Waals surface area contributed by atoms with Crippen molar-refractivity contribution in [3.05, 3.63) is 77.1 Å². The number of aromatic hydroxyl groups is 1. The third-order valence-corrected chi connectivity index (χ3v) is 5.53. The van der Waals surface area contributed by atoms with Crippen molar-refractivity contribution in [2.45, 2.75) is 25.2 Å². The van der Waals surface area contributed by atoms with E-state index < -0.39 is 0 Å². The second kappa shape index (κ2) is 6.20. The van der Waals surface area contributed by atoms with E-state index in [0.717, 1.165) is 29.9 Å². The van der Waals surface area contributed by atoms with E-state index in [1.807, 2.05) is 24.3 Å². The van der Waals surface area contributed by atoms with Crippen molar-refractivity contribution in [1.82, 2.24) is 9.97 Å². The van der Waals surface area contributed by atoms with Crippen molar-refractivity contribution in [3.8, 4) is 5.75 Å². The van der Waals surface area contributed by atoms with Crippen LogP contribution in [0.5, 0.6) is 5.75 Å². The molecule has 27 heavy (non-hydrogen) atoms. The summed E-state index contributed by atoms with van der Waals surface area (Å²) in [5, 5.41) is 10.2. The Morgan fingerprint density at radius 2 is 1.85 bits per heavy atom. The number of phenolic OH excluding ortho intramolecular Hbond substituents is 1. The van der Waals surface area contributed by atoms with Crippen molar-refractivity contribution in [1.29, 1.82) is 0 Å². The predicted octanol–water partition coefficient (Wildman–Crippen LogP) is 3.79. The standard InChI is InChI=1S/C22H19N3O2/c26-20-8-4-2-6-16(20)15-11-18-17(21(27)12-15)13-23-22(24-18)25-10-9-14-5-1-3-7-19(14)25/h1-8,13,15,26H,9-12H2/t15-/m1/s1. The second-order valence-corrected chi connectivity index (χ2v) is 7.15. The minimum absolute atomic E-state index is 0.0397. The van der Waals surface area contributed by atoms with Gasteiger partial charge >= 0.3 is 0 Å². The highest BCUT2D eigenvalue weighted by atomic mass is 16.3. The molecule has 0 fully saturated rings. The molecule has 1 aliphatic heterocycles. The number of nitrogens with zero attached hydrogens (tertiary/aromatic N) is 3. The summed E-state index contributed by atoms with van der Waals surface area (Å²) in [5.74, 6) is 0.864. The smallest absolute Gasteiger partial charge is 0.230 e. The lowest BCUT2D eigenvalue weighted by Crippen LogP contribution is -2.23. The van der Waals surface area contributed by atoms with Gasteiger partial charge in [0.1, 0.15) is 5.75 Å². The van der Waals surface area contributed by atoms with E-state index in [1.165, 1.54) is 5.56 Å². The molecule has 0 bridgehead atoms. The summed E-state index contributed by atoms with van der Waals surface area (Å²) in [6.07, 6.45) is 3.64. The van der Waals surface area contributed by atoms with Crippen molar-refractivity contribution in [3.63, 3.8) is 0 Å². The average molecular weight is 357 g/mol. The molecule has 1 aliphatic carbocycles. The molecule has 1 atom stereocenters. The zero-order chi connectivity index (χ0) is 18.4. The largest absolute Gasteiger partial charge is 0.508 e. The lowest BCUT2D eigenvalue weighted by molar-refractivity contribution is 0.0962. The second-order valence-electron chi connectivity index (χ2n) is 7.15. The number of Topliss-reactive ketones (excluding diaryl/α,β-unsaturated/α-hetero) is 1. The van der Waals surface area contributed by atoms with Crippen LogP contribution in [0.3, 0.4) is 0 Å². The monoisotopic (exact) mass is 357 g/mol. The molecular formula is C22H19N3O2. The third kappa shape index (κ3) is 2.67. The number of rotatable bonds is 2. The average Bonchev–Trinajstić information content (AvgIpc) is 3.12. The highest BCUT2D eigenvalue weighted by molar-refractivity contribution is 5.98. The Labute approximate surface area is 157 Å². The number of hydrogen-bond donors (Lipinski definition) is 1. The van der Waals surface area contributed by atoms with Gasteiger partial charge in [-0.15, -0.1) is 0 Å². The number of carbonyl (C=O) groups is 1. The number of phenols is 1. The summed E-state index contributed by atoms with van der Waals surface area (Å²) in [6, 6.07) is 15.5. The van der Waals surface area contributed by atoms with Gasteiger partial charge in [0, 0.05) is 30.8 Å². The van der Waals surface area contributed by atoms with Crippen LogP contribution >= 0.6 is 0 Å². The first-order valence-electron chi connectivity index (χ1n) is 9.23. The number of benzene rings is 2. The topological polar surface area (TPSA) is 66.3 Å². The summed E-state index contributed by atoms with van der Waals surface area (Å²) in [5.41, 5.74) is 4.62. The zero-order valence-corrected chi connectivity index (χ0v) is 14.8. The van der Waals surface area contributed by atoms with Crippen LogP contribution in [0.25, 0.3) is 0 Å². The van der Waals surface area contributed by atoms with Gasteiger partial charge in [0.25, 0.3) is 0 Å². The van der Waals surface area contributed by atoms with E-state index in [-0.39, 0.29) is 17.5 Å². The minimum Gasteiger partial charge on any atom is -0.508 e. The first kappa shape index (κ1) is 16.0. The predicted molar refractivity (Wildman–Crippen MR) is 103 cm³/mol. The number of aromatic nitrogens is 2. The van der Waals surface area contributed by atoms with Crippen LogP contribution in [-0.4, -0.2) is 27.4 Å². The van der Waals surface area contributed by atoms with Crippen LogP contribution < -0.4 is 4.90 Å². The molecule has 3 aromatic rings. The van der Waals surface area contributed by atoms with Gasteiger partial charge in [-0.25, -0.2) is 9.97 Å². The quantitative estimate of drug-likeness (QED) is 0.756. The maximum atomic E-state index is 12.6. The highest BCUT2D eigenvalue weighted by Crippen LogP contribution is 2.37. The van der Waals surface area contributed by atoms with Crippen LogP contribution in [0, 0.1) is 0 Å². The Bertz CT molecular complexity index is 1050. The third-order valence-electron chi connectivity index (χ3n) is 5.53. The summed E-state index contributed by atoms with van der Waals surface area (Å²) >= 11 is 0. The molecule has 0 spiro atoms. The highest BCUT2D eigenvalue weighted by Gasteiger charge is 2.30. The molecule has 0 saturated heterocycles. The minimum atomic E-state index is -0.0557. The number of fused-ring (bicyclic) bond motifs is 2. The van der Waals surface area contributed by atoms with E-state index >= 15 is 0 Å². The maximum absolute atomic E-state index is 12.6. The summed E-state index contributed by atoms with van der Waals surface area (Å²) in [4.78, 5) is 24.0. The van der Waals surface area contributed by atoms with Crippen molar-refractivity contribution in [2.24, 2.45) is 0 Å².